The third kappa shape index (κ3) is 3.55. The zero-order valence-corrected chi connectivity index (χ0v) is 15.6. The summed E-state index contributed by atoms with van der Waals surface area (Å²) in [7, 11) is 0. The Hall–Kier alpha value is -2.47. The molecule has 128 valence electrons. The molecule has 0 amide bonds. The molecule has 0 aliphatic rings. The predicted octanol–water partition coefficient (Wildman–Crippen LogP) is 4.18. The molecule has 7 heteroatoms. The molecule has 0 aliphatic carbocycles. The van der Waals surface area contributed by atoms with Crippen LogP contribution in [0.3, 0.4) is 0 Å². The Bertz CT molecular complexity index is 1230. The smallest absolute Gasteiger partial charge is 0.266 e. The highest BCUT2D eigenvalue weighted by Crippen LogP contribution is 2.13. The Labute approximate surface area is 162 Å². The van der Waals surface area contributed by atoms with E-state index in [2.05, 4.69) is 10.1 Å². The first-order chi connectivity index (χ1) is 12.6. The van der Waals surface area contributed by atoms with Gasteiger partial charge in [0.05, 0.1) is 4.53 Å². The van der Waals surface area contributed by atoms with Gasteiger partial charge in [-0.05, 0) is 47.5 Å². The molecule has 0 bridgehead atoms. The lowest BCUT2D eigenvalue weighted by molar-refractivity contribution is 0.925. The molecule has 26 heavy (non-hydrogen) atoms. The van der Waals surface area contributed by atoms with Gasteiger partial charge in [0, 0.05) is 10.0 Å². The van der Waals surface area contributed by atoms with E-state index in [1.807, 2.05) is 42.5 Å². The van der Waals surface area contributed by atoms with E-state index in [1.54, 1.807) is 24.3 Å². The molecule has 4 nitrogen and oxygen atoms in total. The van der Waals surface area contributed by atoms with Crippen molar-refractivity contribution in [2.45, 2.75) is 0 Å². The van der Waals surface area contributed by atoms with Crippen molar-refractivity contribution in [3.8, 4) is 0 Å². The van der Waals surface area contributed by atoms with Gasteiger partial charge in [-0.15, -0.1) is 5.10 Å². The molecule has 0 atom stereocenters. The lowest BCUT2D eigenvalue weighted by Gasteiger charge is -1.92. The van der Waals surface area contributed by atoms with E-state index in [0.29, 0.717) is 25.4 Å². The molecular weight excluding hydrogens is 389 g/mol. The van der Waals surface area contributed by atoms with Gasteiger partial charge in [0.25, 0.3) is 5.56 Å². The fourth-order valence-electron chi connectivity index (χ4n) is 2.41. The highest BCUT2D eigenvalue weighted by molar-refractivity contribution is 7.15. The van der Waals surface area contributed by atoms with E-state index >= 15 is 0 Å². The van der Waals surface area contributed by atoms with E-state index in [1.165, 1.54) is 15.9 Å². The van der Waals surface area contributed by atoms with Crippen molar-refractivity contribution in [1.29, 1.82) is 0 Å². The molecule has 0 spiro atoms. The predicted molar refractivity (Wildman–Crippen MR) is 108 cm³/mol. The van der Waals surface area contributed by atoms with Crippen LogP contribution in [0.2, 0.25) is 10.0 Å². The quantitative estimate of drug-likeness (QED) is 0.519. The molecule has 0 unspecified atom stereocenters. The normalized spacial score (nSPS) is 12.5. The molecule has 0 saturated heterocycles. The molecule has 0 radical (unpaired) electrons. The molecule has 2 aromatic heterocycles. The van der Waals surface area contributed by atoms with Crippen molar-refractivity contribution in [2.24, 2.45) is 0 Å². The maximum absolute atomic E-state index is 12.5. The van der Waals surface area contributed by atoms with E-state index in [9.17, 15) is 4.79 Å². The third-order valence-electron chi connectivity index (χ3n) is 3.64. The molecule has 0 fully saturated rings. The van der Waals surface area contributed by atoms with Gasteiger partial charge in [-0.25, -0.2) is 0 Å². The number of fused-ring (bicyclic) bond motifs is 1. The zero-order valence-electron chi connectivity index (χ0n) is 13.3. The Morgan fingerprint density at radius 1 is 0.962 bits per heavy atom. The molecule has 2 heterocycles. The number of aromatic nitrogens is 3. The zero-order chi connectivity index (χ0) is 18.1. The fourth-order valence-corrected chi connectivity index (χ4v) is 3.65. The van der Waals surface area contributed by atoms with Crippen LogP contribution >= 0.6 is 34.5 Å². The molecule has 4 aromatic rings. The number of hydrogen-bond donors (Lipinski definition) is 0. The molecule has 0 saturated carbocycles. The summed E-state index contributed by atoms with van der Waals surface area (Å²) >= 11 is 13.2. The van der Waals surface area contributed by atoms with Gasteiger partial charge < -0.3 is 0 Å². The highest BCUT2D eigenvalue weighted by atomic mass is 35.5. The number of hydrogen-bond acceptors (Lipinski definition) is 4. The Morgan fingerprint density at radius 3 is 2.50 bits per heavy atom. The van der Waals surface area contributed by atoms with Gasteiger partial charge in [0.2, 0.25) is 4.96 Å². The van der Waals surface area contributed by atoms with Crippen molar-refractivity contribution in [1.82, 2.24) is 14.6 Å². The summed E-state index contributed by atoms with van der Waals surface area (Å²) in [6.07, 6.45) is 5.43. The minimum absolute atomic E-state index is 0.191. The van der Waals surface area contributed by atoms with Crippen molar-refractivity contribution in [3.05, 3.63) is 90.4 Å². The van der Waals surface area contributed by atoms with Crippen LogP contribution in [0.25, 0.3) is 23.2 Å². The van der Waals surface area contributed by atoms with E-state index in [-0.39, 0.29) is 5.56 Å². The summed E-state index contributed by atoms with van der Waals surface area (Å²) < 4.78 is 1.89. The average Bonchev–Trinajstić information content (AvgIpc) is 3.14. The summed E-state index contributed by atoms with van der Waals surface area (Å²) in [4.78, 5) is 17.5. The van der Waals surface area contributed by atoms with Gasteiger partial charge in [0.15, 0.2) is 5.82 Å². The van der Waals surface area contributed by atoms with Gasteiger partial charge in [0.1, 0.15) is 0 Å². The largest absolute Gasteiger partial charge is 0.291 e. The first kappa shape index (κ1) is 17.0. The minimum Gasteiger partial charge on any atom is -0.266 e. The van der Waals surface area contributed by atoms with Crippen LogP contribution in [-0.4, -0.2) is 14.6 Å². The third-order valence-corrected chi connectivity index (χ3v) is 5.09. The van der Waals surface area contributed by atoms with Crippen LogP contribution in [0.1, 0.15) is 17.0 Å². The molecule has 0 aliphatic heterocycles. The average molecular weight is 400 g/mol. The van der Waals surface area contributed by atoms with Crippen LogP contribution in [0, 0.1) is 0 Å². The van der Waals surface area contributed by atoms with Crippen molar-refractivity contribution in [2.75, 3.05) is 0 Å². The molecular formula is C19H11Cl2N3OS. The summed E-state index contributed by atoms with van der Waals surface area (Å²) in [5.74, 6) is 0.484. The van der Waals surface area contributed by atoms with Crippen molar-refractivity contribution < 1.29 is 0 Å². The minimum atomic E-state index is -0.191. The van der Waals surface area contributed by atoms with Crippen LogP contribution in [-0.2, 0) is 0 Å². The second kappa shape index (κ2) is 7.03. The number of nitrogens with zero attached hydrogens (tertiary/aromatic N) is 3. The first-order valence-corrected chi connectivity index (χ1v) is 9.26. The Morgan fingerprint density at radius 2 is 1.77 bits per heavy atom. The second-order valence-corrected chi connectivity index (χ2v) is 7.40. The van der Waals surface area contributed by atoms with Crippen LogP contribution in [0.15, 0.2) is 53.3 Å². The number of thiazole rings is 1. The maximum atomic E-state index is 12.5. The number of benzene rings is 2. The number of rotatable bonds is 3. The summed E-state index contributed by atoms with van der Waals surface area (Å²) in [6, 6.07) is 14.7. The molecule has 4 rings (SSSR count). The number of halogens is 2. The molecule has 2 aromatic carbocycles. The Kier molecular flexibility index (Phi) is 4.59. The standard InChI is InChI=1S/C19H11Cl2N3OS/c20-14-7-4-12(5-8-14)6-9-17-22-19-24(23-17)18(25)16(26-19)11-13-2-1-3-15(21)10-13/h1-11H/b9-6+,16-11-. The monoisotopic (exact) mass is 399 g/mol. The lowest BCUT2D eigenvalue weighted by Crippen LogP contribution is -2.23. The maximum Gasteiger partial charge on any atom is 0.291 e. The lowest BCUT2D eigenvalue weighted by atomic mass is 10.2. The van der Waals surface area contributed by atoms with Crippen LogP contribution in [0.5, 0.6) is 0 Å². The Balaban J connectivity index is 1.67. The van der Waals surface area contributed by atoms with Crippen LogP contribution < -0.4 is 10.1 Å². The first-order valence-electron chi connectivity index (χ1n) is 7.69. The topological polar surface area (TPSA) is 47.3 Å². The van der Waals surface area contributed by atoms with E-state index < -0.39 is 0 Å². The SMILES string of the molecule is O=c1/c(=C/c2cccc(Cl)c2)sc2nc(/C=C/c3ccc(Cl)cc3)nn12. The van der Waals surface area contributed by atoms with Crippen molar-refractivity contribution in [3.63, 3.8) is 0 Å². The van der Waals surface area contributed by atoms with Crippen molar-refractivity contribution >= 4 is 57.7 Å². The highest BCUT2D eigenvalue weighted by Gasteiger charge is 2.08. The van der Waals surface area contributed by atoms with Gasteiger partial charge in [-0.2, -0.15) is 9.50 Å². The second-order valence-electron chi connectivity index (χ2n) is 5.52. The fraction of sp³-hybridized carbons (Fsp3) is 0. The summed E-state index contributed by atoms with van der Waals surface area (Å²) in [5, 5.41) is 5.58. The molecule has 0 N–H and O–H groups in total. The van der Waals surface area contributed by atoms with E-state index in [0.717, 1.165) is 11.1 Å². The summed E-state index contributed by atoms with van der Waals surface area (Å²) in [6.45, 7) is 0. The van der Waals surface area contributed by atoms with Gasteiger partial charge in [-0.1, -0.05) is 64.9 Å². The van der Waals surface area contributed by atoms with E-state index in [4.69, 9.17) is 23.2 Å². The summed E-state index contributed by atoms with van der Waals surface area (Å²) in [5.41, 5.74) is 1.65. The van der Waals surface area contributed by atoms with Crippen LogP contribution in [0.4, 0.5) is 0 Å². The van der Waals surface area contributed by atoms with Gasteiger partial charge in [-0.3, -0.25) is 4.79 Å². The van der Waals surface area contributed by atoms with Gasteiger partial charge >= 0.3 is 0 Å².